The van der Waals surface area contributed by atoms with Crippen LogP contribution in [0.1, 0.15) is 38.9 Å². The van der Waals surface area contributed by atoms with Gasteiger partial charge in [0.05, 0.1) is 6.26 Å². The summed E-state index contributed by atoms with van der Waals surface area (Å²) in [5, 5.41) is 3.56. The normalized spacial score (nSPS) is 20.1. The van der Waals surface area contributed by atoms with E-state index in [1.54, 1.807) is 6.26 Å². The Kier molecular flexibility index (Phi) is 5.26. The van der Waals surface area contributed by atoms with Crippen LogP contribution < -0.4 is 5.32 Å². The van der Waals surface area contributed by atoms with Gasteiger partial charge in [0, 0.05) is 18.5 Å². The Bertz CT molecular complexity index is 315. The molecule has 0 aromatic carbocycles. The predicted octanol–water partition coefficient (Wildman–Crippen LogP) is 2.67. The van der Waals surface area contributed by atoms with Crippen LogP contribution in [0.25, 0.3) is 0 Å². The summed E-state index contributed by atoms with van der Waals surface area (Å²) in [6.45, 7) is 8.10. The van der Waals surface area contributed by atoms with Crippen molar-refractivity contribution >= 4 is 0 Å². The number of hydrogen-bond donors (Lipinski definition) is 1. The highest BCUT2D eigenvalue weighted by Crippen LogP contribution is 2.16. The quantitative estimate of drug-likeness (QED) is 0.841. The average molecular weight is 250 g/mol. The molecule has 3 nitrogen and oxygen atoms in total. The number of piperidine rings is 1. The minimum absolute atomic E-state index is 0.665. The van der Waals surface area contributed by atoms with Gasteiger partial charge in [-0.05, 0) is 58.0 Å². The molecular formula is C15H26N2O. The van der Waals surface area contributed by atoms with E-state index in [1.165, 1.54) is 32.4 Å². The van der Waals surface area contributed by atoms with Gasteiger partial charge in [-0.1, -0.05) is 6.92 Å². The zero-order valence-corrected chi connectivity index (χ0v) is 11.7. The first kappa shape index (κ1) is 13.6. The summed E-state index contributed by atoms with van der Waals surface area (Å²) in [5.41, 5.74) is 0. The highest BCUT2D eigenvalue weighted by Gasteiger charge is 2.21. The summed E-state index contributed by atoms with van der Waals surface area (Å²) in [6, 6.07) is 5.45. The van der Waals surface area contributed by atoms with E-state index >= 15 is 0 Å². The van der Waals surface area contributed by atoms with E-state index < -0.39 is 0 Å². The minimum atomic E-state index is 0.665. The van der Waals surface area contributed by atoms with Crippen molar-refractivity contribution in [3.05, 3.63) is 24.2 Å². The Balaban J connectivity index is 1.69. The smallest absolute Gasteiger partial charge is 0.103 e. The molecule has 1 aromatic heterocycles. The number of nitrogens with zero attached hydrogens (tertiary/aromatic N) is 1. The summed E-state index contributed by atoms with van der Waals surface area (Å²) in [5.74, 6) is 1.12. The number of likely N-dealkylation sites (tertiary alicyclic amines) is 1. The van der Waals surface area contributed by atoms with Crippen LogP contribution >= 0.6 is 0 Å². The summed E-state index contributed by atoms with van der Waals surface area (Å²) in [7, 11) is 0. The second kappa shape index (κ2) is 6.95. The molecule has 0 radical (unpaired) electrons. The van der Waals surface area contributed by atoms with E-state index in [4.69, 9.17) is 4.42 Å². The van der Waals surface area contributed by atoms with Gasteiger partial charge in [-0.3, -0.25) is 0 Å². The van der Waals surface area contributed by atoms with Crippen LogP contribution in [-0.4, -0.2) is 36.6 Å². The first-order valence-electron chi connectivity index (χ1n) is 7.29. The summed E-state index contributed by atoms with van der Waals surface area (Å²) in [4.78, 5) is 2.62. The van der Waals surface area contributed by atoms with Gasteiger partial charge >= 0.3 is 0 Å². The maximum absolute atomic E-state index is 5.39. The van der Waals surface area contributed by atoms with E-state index in [9.17, 15) is 0 Å². The molecule has 2 rings (SSSR count). The molecule has 0 spiro atoms. The van der Waals surface area contributed by atoms with E-state index in [0.29, 0.717) is 6.04 Å². The molecule has 0 amide bonds. The molecule has 1 unspecified atom stereocenters. The number of furan rings is 1. The summed E-state index contributed by atoms with van der Waals surface area (Å²) in [6.07, 6.45) is 6.60. The average Bonchev–Trinajstić information content (AvgIpc) is 2.90. The lowest BCUT2D eigenvalue weighted by Crippen LogP contribution is -2.45. The molecule has 3 heteroatoms. The first-order chi connectivity index (χ1) is 8.79. The molecule has 1 aliphatic rings. The first-order valence-corrected chi connectivity index (χ1v) is 7.29. The van der Waals surface area contributed by atoms with Crippen molar-refractivity contribution in [1.82, 2.24) is 10.2 Å². The lowest BCUT2D eigenvalue weighted by molar-refractivity contribution is 0.146. The Morgan fingerprint density at radius 3 is 2.83 bits per heavy atom. The lowest BCUT2D eigenvalue weighted by Gasteiger charge is -2.36. The van der Waals surface area contributed by atoms with Crippen LogP contribution in [-0.2, 0) is 6.42 Å². The van der Waals surface area contributed by atoms with Crippen LogP contribution in [0.15, 0.2) is 22.8 Å². The second-order valence-corrected chi connectivity index (χ2v) is 5.33. The maximum atomic E-state index is 5.39. The molecule has 1 aromatic rings. The third-order valence-electron chi connectivity index (χ3n) is 4.03. The van der Waals surface area contributed by atoms with Gasteiger partial charge < -0.3 is 14.6 Å². The molecule has 18 heavy (non-hydrogen) atoms. The third kappa shape index (κ3) is 3.85. The van der Waals surface area contributed by atoms with E-state index in [-0.39, 0.29) is 0 Å². The molecular weight excluding hydrogens is 224 g/mol. The molecule has 1 fully saturated rings. The number of nitrogens with one attached hydrogen (secondary N) is 1. The number of aryl methyl sites for hydroxylation is 1. The topological polar surface area (TPSA) is 28.4 Å². The van der Waals surface area contributed by atoms with Crippen LogP contribution in [0.3, 0.4) is 0 Å². The summed E-state index contributed by atoms with van der Waals surface area (Å²) >= 11 is 0. The van der Waals surface area contributed by atoms with Crippen LogP contribution in [0.4, 0.5) is 0 Å². The lowest BCUT2D eigenvalue weighted by atomic mass is 10.0. The van der Waals surface area contributed by atoms with Crippen molar-refractivity contribution in [2.24, 2.45) is 0 Å². The van der Waals surface area contributed by atoms with Crippen molar-refractivity contribution in [2.45, 2.75) is 51.6 Å². The van der Waals surface area contributed by atoms with Crippen LogP contribution in [0.2, 0.25) is 0 Å². The van der Waals surface area contributed by atoms with E-state index in [0.717, 1.165) is 24.8 Å². The van der Waals surface area contributed by atoms with Crippen molar-refractivity contribution in [3.8, 4) is 0 Å². The monoisotopic (exact) mass is 250 g/mol. The Labute approximate surface area is 111 Å². The minimum Gasteiger partial charge on any atom is -0.469 e. The van der Waals surface area contributed by atoms with Crippen molar-refractivity contribution in [1.29, 1.82) is 0 Å². The zero-order chi connectivity index (χ0) is 12.8. The fourth-order valence-corrected chi connectivity index (χ4v) is 2.82. The Morgan fingerprint density at radius 1 is 1.44 bits per heavy atom. The SMILES string of the molecule is CCNC1CCN(C(C)CCc2ccco2)CC1. The molecule has 1 saturated heterocycles. The number of hydrogen-bond acceptors (Lipinski definition) is 3. The standard InChI is InChI=1S/C15H26N2O/c1-3-16-14-8-10-17(11-9-14)13(2)6-7-15-5-4-12-18-15/h4-5,12-14,16H,3,6-11H2,1-2H3. The fourth-order valence-electron chi connectivity index (χ4n) is 2.82. The van der Waals surface area contributed by atoms with Gasteiger partial charge in [0.15, 0.2) is 0 Å². The molecule has 0 saturated carbocycles. The van der Waals surface area contributed by atoms with Gasteiger partial charge in [0.1, 0.15) is 5.76 Å². The zero-order valence-electron chi connectivity index (χ0n) is 11.7. The van der Waals surface area contributed by atoms with Gasteiger partial charge in [-0.2, -0.15) is 0 Å². The van der Waals surface area contributed by atoms with Crippen LogP contribution in [0, 0.1) is 0 Å². The molecule has 0 bridgehead atoms. The van der Waals surface area contributed by atoms with Crippen molar-refractivity contribution in [3.63, 3.8) is 0 Å². The van der Waals surface area contributed by atoms with E-state index in [2.05, 4.69) is 30.1 Å². The van der Waals surface area contributed by atoms with E-state index in [1.807, 2.05) is 6.07 Å². The molecule has 2 heterocycles. The van der Waals surface area contributed by atoms with Gasteiger partial charge in [0.25, 0.3) is 0 Å². The number of rotatable bonds is 6. The van der Waals surface area contributed by atoms with Gasteiger partial charge in [0.2, 0.25) is 0 Å². The van der Waals surface area contributed by atoms with Gasteiger partial charge in [-0.15, -0.1) is 0 Å². The van der Waals surface area contributed by atoms with Crippen LogP contribution in [0.5, 0.6) is 0 Å². The molecule has 1 atom stereocenters. The highest BCUT2D eigenvalue weighted by molar-refractivity contribution is 4.98. The Hall–Kier alpha value is -0.800. The molecule has 102 valence electrons. The Morgan fingerprint density at radius 2 is 2.22 bits per heavy atom. The highest BCUT2D eigenvalue weighted by atomic mass is 16.3. The maximum Gasteiger partial charge on any atom is 0.103 e. The third-order valence-corrected chi connectivity index (χ3v) is 4.03. The molecule has 1 N–H and O–H groups in total. The molecule has 1 aliphatic heterocycles. The van der Waals surface area contributed by atoms with Crippen molar-refractivity contribution < 1.29 is 4.42 Å². The van der Waals surface area contributed by atoms with Gasteiger partial charge in [-0.25, -0.2) is 0 Å². The van der Waals surface area contributed by atoms with Crippen molar-refractivity contribution in [2.75, 3.05) is 19.6 Å². The molecule has 0 aliphatic carbocycles. The fraction of sp³-hybridized carbons (Fsp3) is 0.733. The summed E-state index contributed by atoms with van der Waals surface area (Å²) < 4.78 is 5.39. The predicted molar refractivity (Wildman–Crippen MR) is 74.8 cm³/mol. The second-order valence-electron chi connectivity index (χ2n) is 5.33. The largest absolute Gasteiger partial charge is 0.469 e.